The number of nitrogens with one attached hydrogen (secondary N) is 2. The maximum Gasteiger partial charge on any atom is 0.211 e. The summed E-state index contributed by atoms with van der Waals surface area (Å²) in [5.41, 5.74) is 8.69. The molecule has 3 aromatic rings. The molecular formula is C20H23FN4OS. The van der Waals surface area contributed by atoms with Crippen molar-refractivity contribution in [3.8, 4) is 0 Å². The third-order valence-corrected chi connectivity index (χ3v) is 4.94. The van der Waals surface area contributed by atoms with Gasteiger partial charge in [0.05, 0.1) is 5.69 Å². The molecule has 0 fully saturated rings. The van der Waals surface area contributed by atoms with E-state index < -0.39 is 0 Å². The molecule has 0 saturated carbocycles. The Balaban J connectivity index is 0.000000273. The van der Waals surface area contributed by atoms with Gasteiger partial charge in [0.1, 0.15) is 11.6 Å². The first-order valence-electron chi connectivity index (χ1n) is 8.37. The zero-order valence-electron chi connectivity index (χ0n) is 15.5. The molecule has 0 atom stereocenters. The molecule has 1 amide bonds. The minimum Gasteiger partial charge on any atom is -0.382 e. The van der Waals surface area contributed by atoms with Gasteiger partial charge in [0.25, 0.3) is 0 Å². The molecule has 1 aromatic carbocycles. The second kappa shape index (κ2) is 9.68. The number of pyridine rings is 1. The van der Waals surface area contributed by atoms with Crippen LogP contribution in [0.2, 0.25) is 0 Å². The Morgan fingerprint density at radius 1 is 1.22 bits per heavy atom. The normalized spacial score (nSPS) is 9.93. The van der Waals surface area contributed by atoms with E-state index in [2.05, 4.69) is 42.5 Å². The van der Waals surface area contributed by atoms with Gasteiger partial charge in [0, 0.05) is 33.7 Å². The number of carbonyl (C=O) groups excluding carboxylic acids is 1. The van der Waals surface area contributed by atoms with Crippen molar-refractivity contribution in [1.82, 2.24) is 4.98 Å². The van der Waals surface area contributed by atoms with E-state index in [9.17, 15) is 9.18 Å². The highest BCUT2D eigenvalue weighted by atomic mass is 32.1. The first-order chi connectivity index (χ1) is 12.9. The van der Waals surface area contributed by atoms with E-state index in [0.29, 0.717) is 29.2 Å². The van der Waals surface area contributed by atoms with Crippen LogP contribution in [0.5, 0.6) is 0 Å². The molecule has 2 aromatic heterocycles. The number of nitrogens with two attached hydrogens (primary N) is 1. The first kappa shape index (κ1) is 20.4. The molecule has 0 spiro atoms. The molecule has 27 heavy (non-hydrogen) atoms. The second-order valence-electron chi connectivity index (χ2n) is 5.95. The van der Waals surface area contributed by atoms with Crippen molar-refractivity contribution >= 4 is 34.9 Å². The molecule has 0 saturated heterocycles. The van der Waals surface area contributed by atoms with Crippen molar-refractivity contribution in [1.29, 1.82) is 0 Å². The summed E-state index contributed by atoms with van der Waals surface area (Å²) in [4.78, 5) is 17.1. The van der Waals surface area contributed by atoms with Crippen molar-refractivity contribution < 1.29 is 9.18 Å². The van der Waals surface area contributed by atoms with E-state index in [-0.39, 0.29) is 12.4 Å². The summed E-state index contributed by atoms with van der Waals surface area (Å²) in [6.45, 7) is 6.70. The molecule has 0 bridgehead atoms. The molecule has 0 aliphatic rings. The fourth-order valence-electron chi connectivity index (χ4n) is 2.38. The Kier molecular flexibility index (Phi) is 7.31. The largest absolute Gasteiger partial charge is 0.382 e. The lowest BCUT2D eigenvalue weighted by Gasteiger charge is -2.10. The number of carbonyl (C=O) groups is 1. The van der Waals surface area contributed by atoms with Gasteiger partial charge in [-0.25, -0.2) is 9.37 Å². The van der Waals surface area contributed by atoms with Crippen molar-refractivity contribution in [3.05, 3.63) is 69.3 Å². The molecule has 3 rings (SSSR count). The lowest BCUT2D eigenvalue weighted by atomic mass is 10.2. The minimum atomic E-state index is -0.355. The molecule has 2 heterocycles. The average Bonchev–Trinajstić information content (AvgIpc) is 2.93. The Morgan fingerprint density at radius 3 is 2.56 bits per heavy atom. The van der Waals surface area contributed by atoms with Crippen molar-refractivity contribution in [2.24, 2.45) is 0 Å². The number of rotatable bonds is 5. The number of halogens is 1. The van der Waals surface area contributed by atoms with Crippen molar-refractivity contribution in [3.63, 3.8) is 0 Å². The smallest absolute Gasteiger partial charge is 0.211 e. The van der Waals surface area contributed by atoms with Crippen LogP contribution in [0, 0.1) is 26.6 Å². The number of amides is 1. The van der Waals surface area contributed by atoms with Crippen molar-refractivity contribution in [2.75, 3.05) is 16.4 Å². The summed E-state index contributed by atoms with van der Waals surface area (Å²) >= 11 is 1.87. The van der Waals surface area contributed by atoms with Crippen LogP contribution in [-0.2, 0) is 11.3 Å². The first-order valence-corrected chi connectivity index (χ1v) is 9.19. The minimum absolute atomic E-state index is 0.246. The maximum absolute atomic E-state index is 13.6. The Morgan fingerprint density at radius 2 is 2.00 bits per heavy atom. The summed E-state index contributed by atoms with van der Waals surface area (Å²) in [5.74, 6) is -0.00325. The topological polar surface area (TPSA) is 80.0 Å². The van der Waals surface area contributed by atoms with E-state index in [1.807, 2.05) is 11.3 Å². The third-order valence-electron chi connectivity index (χ3n) is 3.87. The van der Waals surface area contributed by atoms with Gasteiger partial charge in [0.2, 0.25) is 6.41 Å². The molecule has 0 radical (unpaired) electrons. The molecule has 7 heteroatoms. The number of aromatic nitrogens is 1. The number of anilines is 3. The Hall–Kier alpha value is -2.93. The number of thiophene rings is 1. The number of nitrogen functional groups attached to an aromatic ring is 1. The number of benzene rings is 1. The number of aryl methyl sites for hydroxylation is 3. The van der Waals surface area contributed by atoms with Gasteiger partial charge in [-0.2, -0.15) is 0 Å². The molecule has 0 aliphatic heterocycles. The summed E-state index contributed by atoms with van der Waals surface area (Å²) in [6, 6.07) is 10.1. The molecule has 4 N–H and O–H groups in total. The molecule has 5 nitrogen and oxygen atoms in total. The average molecular weight is 386 g/mol. The Bertz CT molecular complexity index is 891. The van der Waals surface area contributed by atoms with Crippen LogP contribution in [0.25, 0.3) is 0 Å². The highest BCUT2D eigenvalue weighted by Gasteiger charge is 2.05. The highest BCUT2D eigenvalue weighted by Crippen LogP contribution is 2.19. The molecular weight excluding hydrogens is 363 g/mol. The number of nitrogens with zero attached hydrogens (tertiary/aromatic N) is 1. The van der Waals surface area contributed by atoms with Gasteiger partial charge in [0.15, 0.2) is 0 Å². The predicted octanol–water partition coefficient (Wildman–Crippen LogP) is 4.66. The predicted molar refractivity (Wildman–Crippen MR) is 111 cm³/mol. The van der Waals surface area contributed by atoms with Gasteiger partial charge in [-0.3, -0.25) is 4.79 Å². The van der Waals surface area contributed by atoms with Gasteiger partial charge >= 0.3 is 0 Å². The summed E-state index contributed by atoms with van der Waals surface area (Å²) in [6.07, 6.45) is 2.12. The van der Waals surface area contributed by atoms with E-state index in [4.69, 9.17) is 5.73 Å². The van der Waals surface area contributed by atoms with E-state index in [1.54, 1.807) is 24.4 Å². The SMILES string of the molecule is Cc1cc(C)c(C)s1.Nc1ncccc1NCc1cc(NC=O)ccc1F. The quantitative estimate of drug-likeness (QED) is 0.557. The van der Waals surface area contributed by atoms with Crippen molar-refractivity contribution in [2.45, 2.75) is 27.3 Å². The standard InChI is InChI=1S/C13H13FN4O.C7H10S/c14-11-4-3-10(18-8-19)6-9(11)7-17-12-2-1-5-16-13(12)15;1-5-4-6(2)8-7(5)3/h1-6,8,17H,7H2,(H2,15,16)(H,18,19);4H,1-3H3. The van der Waals surface area contributed by atoms with Crippen LogP contribution in [0.15, 0.2) is 42.6 Å². The van der Waals surface area contributed by atoms with Crippen LogP contribution < -0.4 is 16.4 Å². The lowest BCUT2D eigenvalue weighted by Crippen LogP contribution is -2.06. The molecule has 142 valence electrons. The van der Waals surface area contributed by atoms with Crippen LogP contribution in [-0.4, -0.2) is 11.4 Å². The van der Waals surface area contributed by atoms with Crippen LogP contribution >= 0.6 is 11.3 Å². The third kappa shape index (κ3) is 6.07. The van der Waals surface area contributed by atoms with Crippen LogP contribution in [0.3, 0.4) is 0 Å². The maximum atomic E-state index is 13.6. The zero-order valence-corrected chi connectivity index (χ0v) is 16.4. The van der Waals surface area contributed by atoms with Crippen LogP contribution in [0.4, 0.5) is 21.6 Å². The zero-order chi connectivity index (χ0) is 19.8. The molecule has 0 aliphatic carbocycles. The fourth-order valence-corrected chi connectivity index (χ4v) is 3.32. The highest BCUT2D eigenvalue weighted by molar-refractivity contribution is 7.12. The Labute approximate surface area is 162 Å². The summed E-state index contributed by atoms with van der Waals surface area (Å²) in [5, 5.41) is 5.47. The monoisotopic (exact) mass is 386 g/mol. The van der Waals surface area contributed by atoms with Crippen LogP contribution in [0.1, 0.15) is 20.9 Å². The summed E-state index contributed by atoms with van der Waals surface area (Å²) < 4.78 is 13.6. The fraction of sp³-hybridized carbons (Fsp3) is 0.200. The van der Waals surface area contributed by atoms with Gasteiger partial charge in [-0.1, -0.05) is 0 Å². The van der Waals surface area contributed by atoms with Gasteiger partial charge < -0.3 is 16.4 Å². The lowest BCUT2D eigenvalue weighted by molar-refractivity contribution is -0.105. The van der Waals surface area contributed by atoms with Gasteiger partial charge in [-0.15, -0.1) is 11.3 Å². The second-order valence-corrected chi connectivity index (χ2v) is 7.41. The van der Waals surface area contributed by atoms with E-state index in [1.165, 1.54) is 27.5 Å². The summed E-state index contributed by atoms with van der Waals surface area (Å²) in [7, 11) is 0. The number of hydrogen-bond donors (Lipinski definition) is 3. The number of hydrogen-bond acceptors (Lipinski definition) is 5. The van der Waals surface area contributed by atoms with E-state index in [0.717, 1.165) is 0 Å². The molecule has 0 unspecified atom stereocenters. The van der Waals surface area contributed by atoms with Gasteiger partial charge in [-0.05, 0) is 62.7 Å². The van der Waals surface area contributed by atoms with E-state index >= 15 is 0 Å².